The molecule has 0 spiro atoms. The number of quaternary nitrogens is 1. The van der Waals surface area contributed by atoms with Gasteiger partial charge in [-0.15, -0.1) is 11.3 Å². The van der Waals surface area contributed by atoms with E-state index in [1.807, 2.05) is 22.2 Å². The van der Waals surface area contributed by atoms with Crippen molar-refractivity contribution in [3.8, 4) is 10.7 Å². The predicted octanol–water partition coefficient (Wildman–Crippen LogP) is 2.40. The van der Waals surface area contributed by atoms with E-state index >= 15 is 0 Å². The van der Waals surface area contributed by atoms with Crippen molar-refractivity contribution < 1.29 is 4.90 Å². The summed E-state index contributed by atoms with van der Waals surface area (Å²) in [7, 11) is 2.16. The van der Waals surface area contributed by atoms with Crippen LogP contribution in [0.15, 0.2) is 34.3 Å². The second-order valence-corrected chi connectivity index (χ2v) is 6.78. The van der Waals surface area contributed by atoms with Gasteiger partial charge in [0.05, 0.1) is 11.9 Å². The highest BCUT2D eigenvalue weighted by Gasteiger charge is 2.10. The van der Waals surface area contributed by atoms with Gasteiger partial charge in [-0.25, -0.2) is 4.68 Å². The highest BCUT2D eigenvalue weighted by Crippen LogP contribution is 2.20. The van der Waals surface area contributed by atoms with E-state index in [0.717, 1.165) is 23.9 Å². The van der Waals surface area contributed by atoms with Crippen molar-refractivity contribution in [2.75, 3.05) is 7.05 Å². The lowest BCUT2D eigenvalue weighted by atomic mass is 10.3. The zero-order chi connectivity index (χ0) is 13.9. The summed E-state index contributed by atoms with van der Waals surface area (Å²) < 4.78 is 2.55. The maximum absolute atomic E-state index is 5.33. The van der Waals surface area contributed by atoms with Crippen LogP contribution in [-0.2, 0) is 13.2 Å². The molecule has 20 heavy (non-hydrogen) atoms. The Morgan fingerprint density at radius 1 is 1.40 bits per heavy atom. The van der Waals surface area contributed by atoms with Crippen LogP contribution in [0.1, 0.15) is 5.56 Å². The topological polar surface area (TPSA) is 38.0 Å². The van der Waals surface area contributed by atoms with Gasteiger partial charge in [-0.1, -0.05) is 6.07 Å². The van der Waals surface area contributed by atoms with Gasteiger partial charge in [0.25, 0.3) is 0 Å². The molecule has 1 unspecified atom stereocenters. The van der Waals surface area contributed by atoms with E-state index in [-0.39, 0.29) is 0 Å². The fourth-order valence-corrected chi connectivity index (χ4v) is 3.59. The largest absolute Gasteiger partial charge is 0.315 e. The van der Waals surface area contributed by atoms with Crippen LogP contribution in [-0.4, -0.2) is 21.8 Å². The van der Waals surface area contributed by atoms with Crippen molar-refractivity contribution in [1.29, 1.82) is 0 Å². The lowest BCUT2D eigenvalue weighted by Crippen LogP contribution is -3.06. The van der Waals surface area contributed by atoms with Crippen LogP contribution < -0.4 is 4.90 Å². The number of hydrogen-bond acceptors (Lipinski definition) is 4. The lowest BCUT2D eigenvalue weighted by Gasteiger charge is -2.13. The smallest absolute Gasteiger partial charge is 0.221 e. The highest BCUT2D eigenvalue weighted by atomic mass is 32.1. The van der Waals surface area contributed by atoms with Gasteiger partial charge in [0.1, 0.15) is 6.54 Å². The summed E-state index contributed by atoms with van der Waals surface area (Å²) in [5, 5.41) is 9.63. The van der Waals surface area contributed by atoms with Crippen LogP contribution in [0.2, 0.25) is 0 Å². The minimum absolute atomic E-state index is 0.609. The van der Waals surface area contributed by atoms with Crippen molar-refractivity contribution in [2.24, 2.45) is 0 Å². The molecule has 0 radical (unpaired) electrons. The molecule has 104 valence electrons. The first-order chi connectivity index (χ1) is 9.72. The highest BCUT2D eigenvalue weighted by molar-refractivity contribution is 7.71. The molecular formula is C13H15N4S3+. The van der Waals surface area contributed by atoms with Crippen molar-refractivity contribution in [3.63, 3.8) is 0 Å². The van der Waals surface area contributed by atoms with E-state index in [1.165, 1.54) is 10.5 Å². The molecule has 0 bridgehead atoms. The summed E-state index contributed by atoms with van der Waals surface area (Å²) in [5.74, 6) is 0.855. The minimum Gasteiger partial charge on any atom is -0.315 e. The number of nitrogens with zero attached hydrogens (tertiary/aromatic N) is 2. The number of rotatable bonds is 5. The molecule has 3 aromatic rings. The third-order valence-corrected chi connectivity index (χ3v) is 4.87. The van der Waals surface area contributed by atoms with Crippen molar-refractivity contribution in [3.05, 3.63) is 44.7 Å². The van der Waals surface area contributed by atoms with Crippen LogP contribution in [0.5, 0.6) is 0 Å². The molecule has 4 nitrogen and oxygen atoms in total. The molecule has 2 N–H and O–H groups in total. The SMILES string of the molecule is C[NH+](Cc1ccsc1)Cn1[nH]c(-c2cccs2)nc1=S. The molecular weight excluding hydrogens is 308 g/mol. The van der Waals surface area contributed by atoms with Crippen LogP contribution in [0, 0.1) is 4.77 Å². The second kappa shape index (κ2) is 6.01. The summed E-state index contributed by atoms with van der Waals surface area (Å²) in [4.78, 5) is 6.90. The quantitative estimate of drug-likeness (QED) is 0.708. The summed E-state index contributed by atoms with van der Waals surface area (Å²) in [6.07, 6.45) is 0. The van der Waals surface area contributed by atoms with Gasteiger partial charge in [0, 0.05) is 5.56 Å². The average molecular weight is 323 g/mol. The summed E-state index contributed by atoms with van der Waals surface area (Å²) in [6.45, 7) is 1.77. The van der Waals surface area contributed by atoms with Crippen LogP contribution in [0.4, 0.5) is 0 Å². The first kappa shape index (κ1) is 13.7. The predicted molar refractivity (Wildman–Crippen MR) is 85.6 cm³/mol. The van der Waals surface area contributed by atoms with Gasteiger partial charge >= 0.3 is 0 Å². The van der Waals surface area contributed by atoms with Crippen molar-refractivity contribution in [1.82, 2.24) is 14.8 Å². The molecule has 0 saturated heterocycles. The molecule has 3 aromatic heterocycles. The van der Waals surface area contributed by atoms with Crippen LogP contribution >= 0.6 is 34.9 Å². The Balaban J connectivity index is 1.73. The van der Waals surface area contributed by atoms with Gasteiger partial charge in [-0.2, -0.15) is 16.3 Å². The fourth-order valence-electron chi connectivity index (χ4n) is 2.05. The molecule has 3 rings (SSSR count). The number of thiophene rings is 2. The monoisotopic (exact) mass is 323 g/mol. The molecule has 0 saturated carbocycles. The maximum atomic E-state index is 5.33. The number of hydrogen-bond donors (Lipinski definition) is 2. The Hall–Kier alpha value is -1.28. The Labute approximate surface area is 130 Å². The van der Waals surface area contributed by atoms with E-state index in [1.54, 1.807) is 22.7 Å². The van der Waals surface area contributed by atoms with E-state index in [0.29, 0.717) is 4.77 Å². The molecule has 0 fully saturated rings. The first-order valence-corrected chi connectivity index (χ1v) is 8.48. The third kappa shape index (κ3) is 3.06. The first-order valence-electron chi connectivity index (χ1n) is 6.25. The number of nitrogens with one attached hydrogen (secondary N) is 2. The van der Waals surface area contributed by atoms with Gasteiger partial charge in [-0.3, -0.25) is 5.10 Å². The Bertz CT molecular complexity index is 709. The fraction of sp³-hybridized carbons (Fsp3) is 0.231. The van der Waals surface area contributed by atoms with Crippen LogP contribution in [0.25, 0.3) is 10.7 Å². The zero-order valence-corrected chi connectivity index (χ0v) is 13.4. The standard InChI is InChI=1S/C13H14N4S3/c1-16(7-10-4-6-19-8-10)9-17-13(18)14-12(15-17)11-3-2-5-20-11/h2-6,8H,7,9H2,1H3,(H,14,15,18)/p+1. The average Bonchev–Trinajstić information content (AvgIpc) is 3.12. The van der Waals surface area contributed by atoms with E-state index in [9.17, 15) is 0 Å². The van der Waals surface area contributed by atoms with E-state index < -0.39 is 0 Å². The molecule has 7 heteroatoms. The number of aromatic amines is 1. The van der Waals surface area contributed by atoms with E-state index in [2.05, 4.69) is 34.0 Å². The zero-order valence-electron chi connectivity index (χ0n) is 11.0. The Kier molecular flexibility index (Phi) is 4.11. The summed E-state index contributed by atoms with van der Waals surface area (Å²) >= 11 is 8.72. The normalized spacial score (nSPS) is 12.7. The molecule has 0 amide bonds. The van der Waals surface area contributed by atoms with Gasteiger partial charge < -0.3 is 4.90 Å². The molecule has 0 aliphatic carbocycles. The molecule has 0 aliphatic heterocycles. The molecule has 3 heterocycles. The Morgan fingerprint density at radius 2 is 2.30 bits per heavy atom. The molecule has 0 aromatic carbocycles. The minimum atomic E-state index is 0.609. The molecule has 0 aliphatic rings. The number of H-pyrrole nitrogens is 1. The van der Waals surface area contributed by atoms with E-state index in [4.69, 9.17) is 12.2 Å². The second-order valence-electron chi connectivity index (χ2n) is 4.68. The molecule has 1 atom stereocenters. The number of aromatic nitrogens is 3. The van der Waals surface area contributed by atoms with Gasteiger partial charge in [0.15, 0.2) is 12.5 Å². The van der Waals surface area contributed by atoms with Gasteiger partial charge in [-0.05, 0) is 40.5 Å². The van der Waals surface area contributed by atoms with Gasteiger partial charge in [0.2, 0.25) is 4.77 Å². The van der Waals surface area contributed by atoms with Crippen molar-refractivity contribution in [2.45, 2.75) is 13.2 Å². The lowest BCUT2D eigenvalue weighted by molar-refractivity contribution is -0.917. The third-order valence-electron chi connectivity index (χ3n) is 2.95. The summed E-state index contributed by atoms with van der Waals surface area (Å²) in [5.41, 5.74) is 1.36. The summed E-state index contributed by atoms with van der Waals surface area (Å²) in [6, 6.07) is 6.23. The maximum Gasteiger partial charge on any atom is 0.221 e. The van der Waals surface area contributed by atoms with Crippen molar-refractivity contribution >= 4 is 34.9 Å². The van der Waals surface area contributed by atoms with Crippen LogP contribution in [0.3, 0.4) is 0 Å². The Morgan fingerprint density at radius 3 is 3.00 bits per heavy atom.